The SMILES string of the molecule is COc1ccc([C@@H](C(=O)NC2CCCC2)N(Cc2ccc3c(c2)OCO3)C(=O)c2snc(C(N)=O)c2N)cc1OC. The number of carbonyl (C=O) groups is 3. The van der Waals surface area contributed by atoms with Gasteiger partial charge in [0.1, 0.15) is 10.9 Å². The van der Waals surface area contributed by atoms with Gasteiger partial charge in [-0.25, -0.2) is 0 Å². The number of rotatable bonds is 10. The van der Waals surface area contributed by atoms with Gasteiger partial charge in [-0.3, -0.25) is 14.4 Å². The van der Waals surface area contributed by atoms with E-state index in [1.807, 2.05) is 0 Å². The van der Waals surface area contributed by atoms with Crippen LogP contribution in [0.15, 0.2) is 36.4 Å². The van der Waals surface area contributed by atoms with Crippen molar-refractivity contribution in [1.82, 2.24) is 14.6 Å². The highest BCUT2D eigenvalue weighted by Gasteiger charge is 2.37. The summed E-state index contributed by atoms with van der Waals surface area (Å²) in [5.41, 5.74) is 12.4. The minimum Gasteiger partial charge on any atom is -0.493 e. The minimum absolute atomic E-state index is 0.00122. The summed E-state index contributed by atoms with van der Waals surface area (Å²) in [4.78, 5) is 41.6. The van der Waals surface area contributed by atoms with Crippen LogP contribution in [0.25, 0.3) is 0 Å². The first kappa shape index (κ1) is 28.0. The summed E-state index contributed by atoms with van der Waals surface area (Å²) in [5.74, 6) is 0.171. The van der Waals surface area contributed by atoms with Crippen LogP contribution in [0, 0.1) is 0 Å². The fourth-order valence-electron chi connectivity index (χ4n) is 5.12. The summed E-state index contributed by atoms with van der Waals surface area (Å²) in [6.07, 6.45) is 3.73. The number of nitrogen functional groups attached to an aromatic ring is 1. The minimum atomic E-state index is -1.10. The Kier molecular flexibility index (Phi) is 8.15. The van der Waals surface area contributed by atoms with E-state index in [2.05, 4.69) is 9.69 Å². The summed E-state index contributed by atoms with van der Waals surface area (Å²) in [5, 5.41) is 3.13. The van der Waals surface area contributed by atoms with E-state index in [9.17, 15) is 14.4 Å². The molecule has 0 spiro atoms. The van der Waals surface area contributed by atoms with Crippen molar-refractivity contribution < 1.29 is 33.3 Å². The largest absolute Gasteiger partial charge is 0.493 e. The van der Waals surface area contributed by atoms with Crippen molar-refractivity contribution in [2.45, 2.75) is 44.3 Å². The molecule has 1 aromatic heterocycles. The number of fused-ring (bicyclic) bond motifs is 1. The van der Waals surface area contributed by atoms with Gasteiger partial charge in [0.2, 0.25) is 12.7 Å². The lowest BCUT2D eigenvalue weighted by Gasteiger charge is -2.32. The molecule has 2 heterocycles. The molecule has 216 valence electrons. The van der Waals surface area contributed by atoms with Gasteiger partial charge in [0, 0.05) is 12.6 Å². The van der Waals surface area contributed by atoms with Gasteiger partial charge in [-0.2, -0.15) is 4.37 Å². The molecular formula is C28H31N5O7S. The molecule has 0 bridgehead atoms. The number of ether oxygens (including phenoxy) is 4. The maximum absolute atomic E-state index is 14.2. The number of benzene rings is 2. The average molecular weight is 582 g/mol. The maximum atomic E-state index is 14.2. The first-order chi connectivity index (χ1) is 19.8. The van der Waals surface area contributed by atoms with E-state index >= 15 is 0 Å². The predicted molar refractivity (Wildman–Crippen MR) is 150 cm³/mol. The number of methoxy groups -OCH3 is 2. The van der Waals surface area contributed by atoms with E-state index in [1.54, 1.807) is 36.4 Å². The van der Waals surface area contributed by atoms with Crippen LogP contribution in [0.5, 0.6) is 23.0 Å². The standard InChI is InChI=1S/C28H31N5O7S/c1-37-18-10-8-16(12-20(18)38-2)24(27(35)31-17-5-3-4-6-17)33(13-15-7-9-19-21(11-15)40-14-39-19)28(36)25-22(29)23(26(30)34)32-41-25/h7-12,17,24H,3-6,13-14,29H2,1-2H3,(H2,30,34)(H,31,35)/t24-/m0/s1. The third kappa shape index (κ3) is 5.71. The second-order valence-corrected chi connectivity index (χ2v) is 10.5. The molecule has 5 N–H and O–H groups in total. The molecule has 0 unspecified atom stereocenters. The zero-order valence-electron chi connectivity index (χ0n) is 22.7. The summed E-state index contributed by atoms with van der Waals surface area (Å²) in [7, 11) is 3.01. The number of nitrogens with zero attached hydrogens (tertiary/aromatic N) is 2. The molecule has 41 heavy (non-hydrogen) atoms. The Bertz CT molecular complexity index is 1470. The van der Waals surface area contributed by atoms with Crippen LogP contribution < -0.4 is 35.7 Å². The highest BCUT2D eigenvalue weighted by Crippen LogP contribution is 2.37. The average Bonchev–Trinajstić information content (AvgIpc) is 3.73. The van der Waals surface area contributed by atoms with Gasteiger partial charge in [0.15, 0.2) is 28.7 Å². The van der Waals surface area contributed by atoms with Crippen molar-refractivity contribution in [1.29, 1.82) is 0 Å². The van der Waals surface area contributed by atoms with E-state index in [0.717, 1.165) is 37.2 Å². The van der Waals surface area contributed by atoms with Crippen molar-refractivity contribution in [2.24, 2.45) is 5.73 Å². The molecule has 12 nitrogen and oxygen atoms in total. The normalized spacial score (nSPS) is 14.9. The number of primary amides is 1. The summed E-state index contributed by atoms with van der Waals surface area (Å²) in [6, 6.07) is 9.24. The second-order valence-electron chi connectivity index (χ2n) is 9.77. The highest BCUT2D eigenvalue weighted by molar-refractivity contribution is 7.09. The maximum Gasteiger partial charge on any atom is 0.270 e. The lowest BCUT2D eigenvalue weighted by atomic mass is 10.0. The number of hydrogen-bond donors (Lipinski definition) is 3. The zero-order chi connectivity index (χ0) is 29.1. The Morgan fingerprint density at radius 1 is 1.07 bits per heavy atom. The van der Waals surface area contributed by atoms with E-state index in [0.29, 0.717) is 34.1 Å². The predicted octanol–water partition coefficient (Wildman–Crippen LogP) is 3.01. The first-order valence-electron chi connectivity index (χ1n) is 13.1. The molecule has 1 saturated carbocycles. The Labute approximate surface area is 240 Å². The molecule has 0 saturated heterocycles. The van der Waals surface area contributed by atoms with E-state index in [-0.39, 0.29) is 41.5 Å². The Morgan fingerprint density at radius 3 is 2.49 bits per heavy atom. The van der Waals surface area contributed by atoms with Gasteiger partial charge in [-0.15, -0.1) is 0 Å². The monoisotopic (exact) mass is 581 g/mol. The van der Waals surface area contributed by atoms with Gasteiger partial charge in [-0.05, 0) is 59.8 Å². The summed E-state index contributed by atoms with van der Waals surface area (Å²) < 4.78 is 25.9. The number of carbonyl (C=O) groups excluding carboxylic acids is 3. The van der Waals surface area contributed by atoms with E-state index in [4.69, 9.17) is 30.4 Å². The molecule has 0 radical (unpaired) electrons. The van der Waals surface area contributed by atoms with Crippen LogP contribution in [0.4, 0.5) is 5.69 Å². The quantitative estimate of drug-likeness (QED) is 0.326. The van der Waals surface area contributed by atoms with Crippen LogP contribution in [-0.2, 0) is 11.3 Å². The lowest BCUT2D eigenvalue weighted by Crippen LogP contribution is -2.45. The van der Waals surface area contributed by atoms with Crippen LogP contribution in [-0.4, -0.2) is 54.0 Å². The Balaban J connectivity index is 1.62. The van der Waals surface area contributed by atoms with Crippen molar-refractivity contribution >= 4 is 34.9 Å². The second kappa shape index (κ2) is 11.9. The molecule has 2 aromatic carbocycles. The molecule has 1 aliphatic heterocycles. The lowest BCUT2D eigenvalue weighted by molar-refractivity contribution is -0.126. The van der Waals surface area contributed by atoms with Crippen LogP contribution in [0.1, 0.15) is 63.0 Å². The zero-order valence-corrected chi connectivity index (χ0v) is 23.5. The molecule has 2 aliphatic rings. The number of aromatic nitrogens is 1. The molecule has 13 heteroatoms. The van der Waals surface area contributed by atoms with Crippen molar-refractivity contribution in [2.75, 3.05) is 26.7 Å². The van der Waals surface area contributed by atoms with Crippen LogP contribution in [0.2, 0.25) is 0 Å². The number of nitrogens with one attached hydrogen (secondary N) is 1. The summed E-state index contributed by atoms with van der Waals surface area (Å²) >= 11 is 0.754. The Hall–Kier alpha value is -4.52. The van der Waals surface area contributed by atoms with E-state index < -0.39 is 17.9 Å². The molecule has 5 rings (SSSR count). The number of hydrogen-bond acceptors (Lipinski definition) is 10. The molecular weight excluding hydrogens is 550 g/mol. The van der Waals surface area contributed by atoms with E-state index in [1.165, 1.54) is 19.1 Å². The van der Waals surface area contributed by atoms with Crippen molar-refractivity contribution in [3.05, 3.63) is 58.1 Å². The fraction of sp³-hybridized carbons (Fsp3) is 0.357. The van der Waals surface area contributed by atoms with Gasteiger partial charge >= 0.3 is 0 Å². The summed E-state index contributed by atoms with van der Waals surface area (Å²) in [6.45, 7) is 0.0859. The van der Waals surface area contributed by atoms with Gasteiger partial charge in [-0.1, -0.05) is 25.0 Å². The van der Waals surface area contributed by atoms with Gasteiger partial charge in [0.05, 0.1) is 19.9 Å². The fourth-order valence-corrected chi connectivity index (χ4v) is 5.88. The van der Waals surface area contributed by atoms with Crippen LogP contribution in [0.3, 0.4) is 0 Å². The molecule has 1 atom stereocenters. The molecule has 3 amide bonds. The molecule has 1 aliphatic carbocycles. The smallest absolute Gasteiger partial charge is 0.270 e. The van der Waals surface area contributed by atoms with Crippen molar-refractivity contribution in [3.63, 3.8) is 0 Å². The third-order valence-corrected chi connectivity index (χ3v) is 8.04. The Morgan fingerprint density at radius 2 is 1.80 bits per heavy atom. The number of anilines is 1. The number of nitrogens with two attached hydrogens (primary N) is 2. The van der Waals surface area contributed by atoms with Gasteiger partial charge < -0.3 is 40.6 Å². The topological polar surface area (TPSA) is 168 Å². The third-order valence-electron chi connectivity index (χ3n) is 7.19. The highest BCUT2D eigenvalue weighted by atomic mass is 32.1. The van der Waals surface area contributed by atoms with Crippen molar-refractivity contribution in [3.8, 4) is 23.0 Å². The number of amides is 3. The van der Waals surface area contributed by atoms with Gasteiger partial charge in [0.25, 0.3) is 11.8 Å². The molecule has 1 fully saturated rings. The van der Waals surface area contributed by atoms with Crippen LogP contribution >= 0.6 is 11.5 Å². The first-order valence-corrected chi connectivity index (χ1v) is 13.8. The molecule has 3 aromatic rings.